The third-order valence-corrected chi connectivity index (χ3v) is 4.93. The topological polar surface area (TPSA) is 84.2 Å². The average molecular weight is 341 g/mol. The number of nitrogens with one attached hydrogen (secondary N) is 1. The molecule has 1 heterocycles. The Morgan fingerprint density at radius 2 is 2.17 bits per heavy atom. The Labute approximate surface area is 135 Å². The van der Waals surface area contributed by atoms with Crippen molar-refractivity contribution in [2.75, 3.05) is 6.61 Å². The second kappa shape index (κ2) is 7.20. The van der Waals surface area contributed by atoms with Crippen LogP contribution in [0.1, 0.15) is 25.3 Å². The molecule has 1 aromatic heterocycles. The van der Waals surface area contributed by atoms with Crippen LogP contribution in [0.3, 0.4) is 0 Å². The maximum absolute atomic E-state index is 14.2. The summed E-state index contributed by atoms with van der Waals surface area (Å²) in [7, 11) is -3.81. The quantitative estimate of drug-likeness (QED) is 0.804. The predicted molar refractivity (Wildman–Crippen MR) is 84.4 cm³/mol. The number of hydrogen-bond acceptors (Lipinski definition) is 4. The molecule has 1 aromatic carbocycles. The van der Waals surface area contributed by atoms with E-state index in [0.29, 0.717) is 12.8 Å². The van der Waals surface area contributed by atoms with E-state index in [0.717, 1.165) is 11.6 Å². The van der Waals surface area contributed by atoms with Crippen LogP contribution in [0.2, 0.25) is 0 Å². The van der Waals surface area contributed by atoms with E-state index < -0.39 is 15.8 Å². The summed E-state index contributed by atoms with van der Waals surface area (Å²) in [5.41, 5.74) is 1.06. The lowest BCUT2D eigenvalue weighted by Crippen LogP contribution is -2.32. The first-order valence-electron chi connectivity index (χ1n) is 7.28. The second-order valence-corrected chi connectivity index (χ2v) is 7.18. The highest BCUT2D eigenvalue weighted by Gasteiger charge is 2.19. The normalized spacial score (nSPS) is 13.2. The minimum atomic E-state index is -3.81. The van der Waals surface area contributed by atoms with Gasteiger partial charge in [0.05, 0.1) is 11.1 Å². The maximum Gasteiger partial charge on any atom is 0.240 e. The fraction of sp³-hybridized carbons (Fsp3) is 0.400. The summed E-state index contributed by atoms with van der Waals surface area (Å²) in [5, 5.41) is 12.8. The number of rotatable bonds is 7. The van der Waals surface area contributed by atoms with Gasteiger partial charge in [-0.15, -0.1) is 0 Å². The molecule has 0 aliphatic carbocycles. The van der Waals surface area contributed by atoms with Crippen LogP contribution in [0.25, 0.3) is 5.69 Å². The van der Waals surface area contributed by atoms with Crippen molar-refractivity contribution in [2.45, 2.75) is 37.6 Å². The largest absolute Gasteiger partial charge is 0.396 e. The molecule has 0 saturated heterocycles. The van der Waals surface area contributed by atoms with Crippen molar-refractivity contribution in [3.63, 3.8) is 0 Å². The fourth-order valence-corrected chi connectivity index (χ4v) is 3.46. The van der Waals surface area contributed by atoms with Gasteiger partial charge in [-0.3, -0.25) is 0 Å². The second-order valence-electron chi connectivity index (χ2n) is 5.46. The number of aliphatic hydroxyl groups is 1. The Morgan fingerprint density at radius 3 is 2.74 bits per heavy atom. The number of aromatic nitrogens is 2. The summed E-state index contributed by atoms with van der Waals surface area (Å²) in [5.74, 6) is -0.668. The number of benzene rings is 1. The van der Waals surface area contributed by atoms with E-state index in [9.17, 15) is 12.8 Å². The van der Waals surface area contributed by atoms with Crippen LogP contribution in [0.15, 0.2) is 35.5 Å². The number of hydrogen-bond donors (Lipinski definition) is 2. The van der Waals surface area contributed by atoms with Crippen molar-refractivity contribution in [2.24, 2.45) is 0 Å². The van der Waals surface area contributed by atoms with E-state index >= 15 is 0 Å². The van der Waals surface area contributed by atoms with E-state index in [2.05, 4.69) is 9.82 Å². The average Bonchev–Trinajstić information content (AvgIpc) is 2.90. The molecule has 0 aliphatic heterocycles. The number of halogens is 1. The van der Waals surface area contributed by atoms with E-state index in [1.54, 1.807) is 19.3 Å². The molecule has 0 bridgehead atoms. The third-order valence-electron chi connectivity index (χ3n) is 3.34. The summed E-state index contributed by atoms with van der Waals surface area (Å²) in [4.78, 5) is -0.140. The first kappa shape index (κ1) is 17.6. The van der Waals surface area contributed by atoms with E-state index in [1.807, 2.05) is 6.92 Å². The smallest absolute Gasteiger partial charge is 0.240 e. The van der Waals surface area contributed by atoms with Crippen molar-refractivity contribution in [3.05, 3.63) is 42.0 Å². The van der Waals surface area contributed by atoms with E-state index in [1.165, 1.54) is 16.8 Å². The van der Waals surface area contributed by atoms with Gasteiger partial charge in [0.25, 0.3) is 0 Å². The van der Waals surface area contributed by atoms with Crippen LogP contribution < -0.4 is 4.72 Å². The van der Waals surface area contributed by atoms with Gasteiger partial charge in [0.15, 0.2) is 0 Å². The predicted octanol–water partition coefficient (Wildman–Crippen LogP) is 1.76. The molecule has 0 aliphatic rings. The lowest BCUT2D eigenvalue weighted by atomic mass is 10.2. The standard InChI is InChI=1S/C15H20FN3O3S/c1-11-9-17-19(10-11)15-6-5-13(8-14(15)16)23(21,22)18-12(2)4-3-7-20/h5-6,8-10,12,18,20H,3-4,7H2,1-2H3. The molecule has 0 spiro atoms. The number of sulfonamides is 1. The molecule has 8 heteroatoms. The molecule has 0 saturated carbocycles. The summed E-state index contributed by atoms with van der Waals surface area (Å²) < 4.78 is 42.6. The third kappa shape index (κ3) is 4.37. The molecule has 6 nitrogen and oxygen atoms in total. The van der Waals surface area contributed by atoms with Gasteiger partial charge >= 0.3 is 0 Å². The Kier molecular flexibility index (Phi) is 5.51. The monoisotopic (exact) mass is 341 g/mol. The maximum atomic E-state index is 14.2. The van der Waals surface area contributed by atoms with Gasteiger partial charge in [-0.05, 0) is 50.5 Å². The lowest BCUT2D eigenvalue weighted by Gasteiger charge is -2.14. The van der Waals surface area contributed by atoms with Gasteiger partial charge in [0, 0.05) is 18.8 Å². The van der Waals surface area contributed by atoms with Crippen LogP contribution in [0, 0.1) is 12.7 Å². The van der Waals surface area contributed by atoms with Crippen molar-refractivity contribution in [1.82, 2.24) is 14.5 Å². The molecule has 2 aromatic rings. The minimum Gasteiger partial charge on any atom is -0.396 e. The SMILES string of the molecule is Cc1cnn(-c2ccc(S(=O)(=O)NC(C)CCCO)cc2F)c1. The number of nitrogens with zero attached hydrogens (tertiary/aromatic N) is 2. The van der Waals surface area contributed by atoms with Crippen molar-refractivity contribution in [1.29, 1.82) is 0 Å². The molecule has 1 unspecified atom stereocenters. The molecule has 0 fully saturated rings. The van der Waals surface area contributed by atoms with E-state index in [-0.39, 0.29) is 23.2 Å². The molecule has 2 rings (SSSR count). The molecule has 2 N–H and O–H groups in total. The van der Waals surface area contributed by atoms with Gasteiger partial charge in [-0.2, -0.15) is 5.10 Å². The Hall–Kier alpha value is -1.77. The van der Waals surface area contributed by atoms with Crippen LogP contribution in [0.4, 0.5) is 4.39 Å². The van der Waals surface area contributed by atoms with Gasteiger partial charge < -0.3 is 5.11 Å². The van der Waals surface area contributed by atoms with Crippen LogP contribution in [-0.4, -0.2) is 36.0 Å². The highest BCUT2D eigenvalue weighted by molar-refractivity contribution is 7.89. The summed E-state index contributed by atoms with van der Waals surface area (Å²) in [6.07, 6.45) is 4.24. The van der Waals surface area contributed by atoms with Crippen molar-refractivity contribution < 1.29 is 17.9 Å². The first-order chi connectivity index (χ1) is 10.8. The number of aliphatic hydroxyl groups excluding tert-OH is 1. The highest BCUT2D eigenvalue weighted by atomic mass is 32.2. The molecular weight excluding hydrogens is 321 g/mol. The molecular formula is C15H20FN3O3S. The van der Waals surface area contributed by atoms with E-state index in [4.69, 9.17) is 5.11 Å². The highest BCUT2D eigenvalue weighted by Crippen LogP contribution is 2.19. The lowest BCUT2D eigenvalue weighted by molar-refractivity contribution is 0.279. The number of aryl methyl sites for hydroxylation is 1. The van der Waals surface area contributed by atoms with Crippen molar-refractivity contribution >= 4 is 10.0 Å². The van der Waals surface area contributed by atoms with Crippen LogP contribution in [-0.2, 0) is 10.0 Å². The van der Waals surface area contributed by atoms with Crippen LogP contribution in [0.5, 0.6) is 0 Å². The van der Waals surface area contributed by atoms with Crippen LogP contribution >= 0.6 is 0 Å². The Morgan fingerprint density at radius 1 is 1.43 bits per heavy atom. The first-order valence-corrected chi connectivity index (χ1v) is 8.76. The molecule has 1 atom stereocenters. The molecule has 0 amide bonds. The van der Waals surface area contributed by atoms with Gasteiger partial charge in [-0.1, -0.05) is 0 Å². The molecule has 23 heavy (non-hydrogen) atoms. The molecule has 126 valence electrons. The summed E-state index contributed by atoms with van der Waals surface area (Å²) in [6.45, 7) is 3.53. The summed E-state index contributed by atoms with van der Waals surface area (Å²) in [6, 6.07) is 3.36. The van der Waals surface area contributed by atoms with Crippen molar-refractivity contribution in [3.8, 4) is 5.69 Å². The van der Waals surface area contributed by atoms with Gasteiger partial charge in [0.2, 0.25) is 10.0 Å². The van der Waals surface area contributed by atoms with Gasteiger partial charge in [0.1, 0.15) is 11.5 Å². The fourth-order valence-electron chi connectivity index (χ4n) is 2.17. The Balaban J connectivity index is 2.22. The molecule has 0 radical (unpaired) electrons. The zero-order chi connectivity index (χ0) is 17.0. The summed E-state index contributed by atoms with van der Waals surface area (Å²) >= 11 is 0. The zero-order valence-electron chi connectivity index (χ0n) is 13.0. The zero-order valence-corrected chi connectivity index (χ0v) is 13.8. The minimum absolute atomic E-state index is 0.00131. The van der Waals surface area contributed by atoms with Gasteiger partial charge in [-0.25, -0.2) is 22.2 Å². The Bertz CT molecular complexity index is 774.